The molecule has 0 saturated heterocycles. The van der Waals surface area contributed by atoms with Gasteiger partial charge >= 0.3 is 0 Å². The van der Waals surface area contributed by atoms with E-state index in [0.29, 0.717) is 0 Å². The van der Waals surface area contributed by atoms with Gasteiger partial charge < -0.3 is 5.32 Å². The summed E-state index contributed by atoms with van der Waals surface area (Å²) in [6, 6.07) is 12.9. The normalized spacial score (nSPS) is 13.8. The smallest absolute Gasteiger partial charge is 0.100 e. The second-order valence-electron chi connectivity index (χ2n) is 5.86. The van der Waals surface area contributed by atoms with Crippen LogP contribution in [-0.2, 0) is 19.5 Å². The number of pyridine rings is 1. The molecule has 4 nitrogen and oxygen atoms in total. The zero-order valence-corrected chi connectivity index (χ0v) is 13.3. The lowest BCUT2D eigenvalue weighted by molar-refractivity contribution is 0.477. The Morgan fingerprint density at radius 2 is 1.83 bits per heavy atom. The first kappa shape index (κ1) is 14.2. The van der Waals surface area contributed by atoms with Gasteiger partial charge in [0.25, 0.3) is 0 Å². The van der Waals surface area contributed by atoms with Crippen LogP contribution in [-0.4, -0.2) is 21.3 Å². The zero-order chi connectivity index (χ0) is 15.6. The van der Waals surface area contributed by atoms with E-state index in [2.05, 4.69) is 58.3 Å². The number of nitrogens with one attached hydrogen (secondary N) is 1. The third-order valence-electron chi connectivity index (χ3n) is 4.46. The molecule has 0 unspecified atom stereocenters. The fourth-order valence-corrected chi connectivity index (χ4v) is 3.18. The van der Waals surface area contributed by atoms with Crippen molar-refractivity contribution in [1.29, 1.82) is 0 Å². The van der Waals surface area contributed by atoms with Gasteiger partial charge in [0, 0.05) is 36.6 Å². The van der Waals surface area contributed by atoms with Crippen LogP contribution in [0, 0.1) is 0 Å². The van der Waals surface area contributed by atoms with Crippen molar-refractivity contribution in [2.45, 2.75) is 26.4 Å². The fourth-order valence-electron chi connectivity index (χ4n) is 3.18. The Bertz CT molecular complexity index is 803. The Labute approximate surface area is 136 Å². The minimum Gasteiger partial charge on any atom is -0.309 e. The number of aryl methyl sites for hydroxylation is 1. The lowest BCUT2D eigenvalue weighted by Crippen LogP contribution is -2.28. The molecule has 0 saturated carbocycles. The van der Waals surface area contributed by atoms with Crippen molar-refractivity contribution in [3.8, 4) is 22.4 Å². The number of fused-ring (bicyclic) bond motifs is 1. The quantitative estimate of drug-likeness (QED) is 0.807. The van der Waals surface area contributed by atoms with Crippen LogP contribution in [0.5, 0.6) is 0 Å². The van der Waals surface area contributed by atoms with E-state index in [9.17, 15) is 0 Å². The highest BCUT2D eigenvalue weighted by atomic mass is 15.3. The molecule has 1 N–H and O–H groups in total. The van der Waals surface area contributed by atoms with Crippen molar-refractivity contribution in [3.05, 3.63) is 60.0 Å². The van der Waals surface area contributed by atoms with Gasteiger partial charge in [0.1, 0.15) is 5.69 Å². The average Bonchev–Trinajstić information content (AvgIpc) is 3.02. The molecular formula is C19H20N4. The summed E-state index contributed by atoms with van der Waals surface area (Å²) in [5.41, 5.74) is 7.26. The van der Waals surface area contributed by atoms with Gasteiger partial charge in [0.05, 0.1) is 12.2 Å². The largest absolute Gasteiger partial charge is 0.309 e. The first-order valence-corrected chi connectivity index (χ1v) is 8.17. The molecule has 1 aliphatic heterocycles. The van der Waals surface area contributed by atoms with Gasteiger partial charge in [-0.1, -0.05) is 31.2 Å². The molecule has 0 bridgehead atoms. The van der Waals surface area contributed by atoms with Crippen molar-refractivity contribution < 1.29 is 0 Å². The molecule has 0 atom stereocenters. The lowest BCUT2D eigenvalue weighted by atomic mass is 9.98. The van der Waals surface area contributed by atoms with Crippen LogP contribution in [0.25, 0.3) is 22.4 Å². The van der Waals surface area contributed by atoms with Crippen LogP contribution in [0.15, 0.2) is 48.8 Å². The number of benzene rings is 1. The van der Waals surface area contributed by atoms with Crippen LogP contribution in [0.4, 0.5) is 0 Å². The second-order valence-corrected chi connectivity index (χ2v) is 5.86. The summed E-state index contributed by atoms with van der Waals surface area (Å²) < 4.78 is 2.15. The van der Waals surface area contributed by atoms with E-state index in [1.807, 2.05) is 12.4 Å². The number of aromatic nitrogens is 3. The Balaban J connectivity index is 1.90. The first-order valence-electron chi connectivity index (χ1n) is 8.17. The summed E-state index contributed by atoms with van der Waals surface area (Å²) in [6.07, 6.45) is 4.75. The van der Waals surface area contributed by atoms with Crippen molar-refractivity contribution in [3.63, 3.8) is 0 Å². The van der Waals surface area contributed by atoms with E-state index in [4.69, 9.17) is 5.10 Å². The Hall–Kier alpha value is -2.46. The maximum Gasteiger partial charge on any atom is 0.100 e. The third-order valence-corrected chi connectivity index (χ3v) is 4.46. The van der Waals surface area contributed by atoms with Crippen LogP contribution >= 0.6 is 0 Å². The third kappa shape index (κ3) is 2.55. The van der Waals surface area contributed by atoms with Gasteiger partial charge in [-0.05, 0) is 29.7 Å². The molecule has 0 spiro atoms. The van der Waals surface area contributed by atoms with Crippen LogP contribution < -0.4 is 5.32 Å². The summed E-state index contributed by atoms with van der Waals surface area (Å²) >= 11 is 0. The Morgan fingerprint density at radius 3 is 2.57 bits per heavy atom. The van der Waals surface area contributed by atoms with Crippen molar-refractivity contribution >= 4 is 0 Å². The Morgan fingerprint density at radius 1 is 1.04 bits per heavy atom. The number of hydrogen-bond acceptors (Lipinski definition) is 3. The monoisotopic (exact) mass is 304 g/mol. The van der Waals surface area contributed by atoms with Crippen molar-refractivity contribution in [2.75, 3.05) is 6.54 Å². The highest BCUT2D eigenvalue weighted by Gasteiger charge is 2.22. The van der Waals surface area contributed by atoms with Gasteiger partial charge in [-0.15, -0.1) is 0 Å². The average molecular weight is 304 g/mol. The molecule has 0 aliphatic carbocycles. The SMILES string of the molecule is CCc1ccc(-c2nn3c(c2-c2ccncc2)CNCC3)cc1. The number of nitrogens with zero attached hydrogens (tertiary/aromatic N) is 3. The highest BCUT2D eigenvalue weighted by molar-refractivity contribution is 5.82. The van der Waals surface area contributed by atoms with Crippen LogP contribution in [0.3, 0.4) is 0 Å². The van der Waals surface area contributed by atoms with E-state index >= 15 is 0 Å². The predicted octanol–water partition coefficient (Wildman–Crippen LogP) is 3.28. The summed E-state index contributed by atoms with van der Waals surface area (Å²) in [6.45, 7) is 4.93. The van der Waals surface area contributed by atoms with Crippen molar-refractivity contribution in [2.24, 2.45) is 0 Å². The molecule has 4 rings (SSSR count). The van der Waals surface area contributed by atoms with Crippen LogP contribution in [0.2, 0.25) is 0 Å². The van der Waals surface area contributed by atoms with E-state index < -0.39 is 0 Å². The molecule has 3 aromatic rings. The van der Waals surface area contributed by atoms with Gasteiger partial charge in [0.2, 0.25) is 0 Å². The molecule has 3 heterocycles. The van der Waals surface area contributed by atoms with Gasteiger partial charge in [-0.2, -0.15) is 5.10 Å². The number of rotatable bonds is 3. The molecule has 0 radical (unpaired) electrons. The van der Waals surface area contributed by atoms with Crippen LogP contribution in [0.1, 0.15) is 18.2 Å². The van der Waals surface area contributed by atoms with Gasteiger partial charge in [0.15, 0.2) is 0 Å². The molecule has 1 aromatic carbocycles. The van der Waals surface area contributed by atoms with E-state index in [-0.39, 0.29) is 0 Å². The maximum absolute atomic E-state index is 4.91. The molecule has 4 heteroatoms. The van der Waals surface area contributed by atoms with Gasteiger partial charge in [-0.25, -0.2) is 0 Å². The summed E-state index contributed by atoms with van der Waals surface area (Å²) in [5, 5.41) is 8.37. The molecular weight excluding hydrogens is 284 g/mol. The highest BCUT2D eigenvalue weighted by Crippen LogP contribution is 2.35. The molecule has 116 valence electrons. The first-order chi connectivity index (χ1) is 11.4. The standard InChI is InChI=1S/C19H20N4/c1-2-14-3-5-16(6-4-14)19-18(15-7-9-20-10-8-15)17-13-21-11-12-23(17)22-19/h3-10,21H,2,11-13H2,1H3. The molecule has 1 aliphatic rings. The topological polar surface area (TPSA) is 42.7 Å². The summed E-state index contributed by atoms with van der Waals surface area (Å²) in [7, 11) is 0. The minimum absolute atomic E-state index is 0.859. The zero-order valence-electron chi connectivity index (χ0n) is 13.3. The predicted molar refractivity (Wildman–Crippen MR) is 92.0 cm³/mol. The molecule has 23 heavy (non-hydrogen) atoms. The Kier molecular flexibility index (Phi) is 3.67. The van der Waals surface area contributed by atoms with E-state index in [0.717, 1.165) is 31.7 Å². The van der Waals surface area contributed by atoms with Crippen molar-refractivity contribution in [1.82, 2.24) is 20.1 Å². The second kappa shape index (κ2) is 5.97. The number of hydrogen-bond donors (Lipinski definition) is 1. The van der Waals surface area contributed by atoms with E-state index in [1.54, 1.807) is 0 Å². The van der Waals surface area contributed by atoms with E-state index in [1.165, 1.54) is 27.9 Å². The molecule has 0 fully saturated rings. The minimum atomic E-state index is 0.859. The molecule has 2 aromatic heterocycles. The fraction of sp³-hybridized carbons (Fsp3) is 0.263. The summed E-state index contributed by atoms with van der Waals surface area (Å²) in [4.78, 5) is 4.15. The summed E-state index contributed by atoms with van der Waals surface area (Å²) in [5.74, 6) is 0. The van der Waals surface area contributed by atoms with Gasteiger partial charge in [-0.3, -0.25) is 9.67 Å². The maximum atomic E-state index is 4.91. The molecule has 0 amide bonds. The lowest BCUT2D eigenvalue weighted by Gasteiger charge is -2.16.